The Balaban J connectivity index is 1.73. The molecular formula is C17H23N3O3. The summed E-state index contributed by atoms with van der Waals surface area (Å²) in [4.78, 5) is 26.0. The van der Waals surface area contributed by atoms with Gasteiger partial charge in [0.15, 0.2) is 0 Å². The van der Waals surface area contributed by atoms with Crippen molar-refractivity contribution in [3.8, 4) is 5.75 Å². The van der Waals surface area contributed by atoms with Crippen molar-refractivity contribution in [2.45, 2.75) is 25.7 Å². The Morgan fingerprint density at radius 3 is 2.91 bits per heavy atom. The smallest absolute Gasteiger partial charge is 0.228 e. The second-order valence-electron chi connectivity index (χ2n) is 6.07. The van der Waals surface area contributed by atoms with Gasteiger partial charge in [0.25, 0.3) is 0 Å². The number of nitrogens with zero attached hydrogens (tertiary/aromatic N) is 1. The highest BCUT2D eigenvalue weighted by Crippen LogP contribution is 2.34. The van der Waals surface area contributed by atoms with Gasteiger partial charge >= 0.3 is 0 Å². The lowest BCUT2D eigenvalue weighted by molar-refractivity contribution is -0.120. The molecule has 2 aliphatic heterocycles. The van der Waals surface area contributed by atoms with E-state index in [0.717, 1.165) is 38.0 Å². The van der Waals surface area contributed by atoms with Gasteiger partial charge in [0.1, 0.15) is 5.75 Å². The normalized spacial score (nSPS) is 21.3. The first-order valence-corrected chi connectivity index (χ1v) is 8.19. The van der Waals surface area contributed by atoms with Crippen LogP contribution in [0.15, 0.2) is 18.2 Å². The van der Waals surface area contributed by atoms with Crippen LogP contribution in [0.1, 0.15) is 25.7 Å². The van der Waals surface area contributed by atoms with Gasteiger partial charge in [-0.15, -0.1) is 0 Å². The first-order chi connectivity index (χ1) is 11.2. The molecule has 0 aromatic heterocycles. The van der Waals surface area contributed by atoms with Crippen LogP contribution < -0.4 is 20.3 Å². The first kappa shape index (κ1) is 15.8. The van der Waals surface area contributed by atoms with Gasteiger partial charge in [-0.25, -0.2) is 0 Å². The summed E-state index contributed by atoms with van der Waals surface area (Å²) in [7, 11) is 1.58. The zero-order valence-corrected chi connectivity index (χ0v) is 13.4. The fourth-order valence-corrected chi connectivity index (χ4v) is 3.20. The molecule has 2 saturated heterocycles. The minimum atomic E-state index is 0.00887. The monoisotopic (exact) mass is 317 g/mol. The molecule has 1 unspecified atom stereocenters. The lowest BCUT2D eigenvalue weighted by Crippen LogP contribution is -2.37. The van der Waals surface area contributed by atoms with Crippen LogP contribution in [0.3, 0.4) is 0 Å². The summed E-state index contributed by atoms with van der Waals surface area (Å²) < 4.78 is 5.42. The molecular weight excluding hydrogens is 294 g/mol. The number of anilines is 2. The molecule has 6 heteroatoms. The van der Waals surface area contributed by atoms with Gasteiger partial charge in [-0.3, -0.25) is 9.59 Å². The van der Waals surface area contributed by atoms with Crippen molar-refractivity contribution in [2.24, 2.45) is 5.92 Å². The van der Waals surface area contributed by atoms with E-state index < -0.39 is 0 Å². The summed E-state index contributed by atoms with van der Waals surface area (Å²) in [5.41, 5.74) is 1.47. The Morgan fingerprint density at radius 2 is 2.26 bits per heavy atom. The maximum atomic E-state index is 12.3. The fraction of sp³-hybridized carbons (Fsp3) is 0.529. The molecule has 0 bridgehead atoms. The lowest BCUT2D eigenvalue weighted by Gasteiger charge is -2.23. The quantitative estimate of drug-likeness (QED) is 0.888. The minimum absolute atomic E-state index is 0.00887. The van der Waals surface area contributed by atoms with E-state index in [9.17, 15) is 9.59 Å². The van der Waals surface area contributed by atoms with Crippen LogP contribution in [-0.2, 0) is 9.59 Å². The van der Waals surface area contributed by atoms with E-state index in [0.29, 0.717) is 24.4 Å². The third kappa shape index (κ3) is 3.47. The lowest BCUT2D eigenvalue weighted by atomic mass is 9.99. The summed E-state index contributed by atoms with van der Waals surface area (Å²) in [5.74, 6) is 0.770. The number of rotatable bonds is 4. The van der Waals surface area contributed by atoms with Gasteiger partial charge < -0.3 is 20.3 Å². The number of piperidine rings is 1. The Bertz CT molecular complexity index is 597. The van der Waals surface area contributed by atoms with Crippen LogP contribution in [0.4, 0.5) is 11.4 Å². The van der Waals surface area contributed by atoms with Crippen LogP contribution in [0.25, 0.3) is 0 Å². The number of methoxy groups -OCH3 is 1. The number of benzene rings is 1. The van der Waals surface area contributed by atoms with Crippen molar-refractivity contribution >= 4 is 23.2 Å². The molecule has 124 valence electrons. The molecule has 2 aliphatic rings. The van der Waals surface area contributed by atoms with Crippen molar-refractivity contribution in [2.75, 3.05) is 37.0 Å². The van der Waals surface area contributed by atoms with E-state index in [1.807, 2.05) is 12.1 Å². The second kappa shape index (κ2) is 7.00. The highest BCUT2D eigenvalue weighted by atomic mass is 16.5. The van der Waals surface area contributed by atoms with Gasteiger partial charge in [0.05, 0.1) is 18.7 Å². The number of hydrogen-bond acceptors (Lipinski definition) is 4. The molecule has 0 aliphatic carbocycles. The molecule has 1 aromatic rings. The molecule has 0 radical (unpaired) electrons. The molecule has 23 heavy (non-hydrogen) atoms. The maximum Gasteiger partial charge on any atom is 0.228 e. The Hall–Kier alpha value is -2.08. The van der Waals surface area contributed by atoms with Gasteiger partial charge in [0.2, 0.25) is 11.8 Å². The third-order valence-electron chi connectivity index (χ3n) is 4.48. The van der Waals surface area contributed by atoms with Gasteiger partial charge in [-0.05, 0) is 37.9 Å². The highest BCUT2D eigenvalue weighted by Gasteiger charge is 2.25. The van der Waals surface area contributed by atoms with Crippen LogP contribution >= 0.6 is 0 Å². The molecule has 1 aromatic carbocycles. The predicted molar refractivity (Wildman–Crippen MR) is 88.8 cm³/mol. The summed E-state index contributed by atoms with van der Waals surface area (Å²) >= 11 is 0. The largest absolute Gasteiger partial charge is 0.494 e. The van der Waals surface area contributed by atoms with E-state index in [-0.39, 0.29) is 17.7 Å². The van der Waals surface area contributed by atoms with Crippen molar-refractivity contribution < 1.29 is 14.3 Å². The zero-order valence-electron chi connectivity index (χ0n) is 13.4. The summed E-state index contributed by atoms with van der Waals surface area (Å²) in [6.45, 7) is 2.42. The molecule has 2 fully saturated rings. The maximum absolute atomic E-state index is 12.3. The molecule has 2 N–H and O–H groups in total. The van der Waals surface area contributed by atoms with E-state index in [1.54, 1.807) is 18.1 Å². The highest BCUT2D eigenvalue weighted by molar-refractivity contribution is 5.98. The summed E-state index contributed by atoms with van der Waals surface area (Å²) in [6, 6.07) is 5.46. The minimum Gasteiger partial charge on any atom is -0.494 e. The zero-order chi connectivity index (χ0) is 16.2. The van der Waals surface area contributed by atoms with Crippen molar-refractivity contribution in [1.82, 2.24) is 5.32 Å². The summed E-state index contributed by atoms with van der Waals surface area (Å²) in [5, 5.41) is 6.20. The van der Waals surface area contributed by atoms with E-state index in [2.05, 4.69) is 10.6 Å². The Kier molecular flexibility index (Phi) is 4.81. The van der Waals surface area contributed by atoms with Gasteiger partial charge in [-0.2, -0.15) is 0 Å². The predicted octanol–water partition coefficient (Wildman–Crippen LogP) is 1.76. The first-order valence-electron chi connectivity index (χ1n) is 8.19. The average Bonchev–Trinajstić information content (AvgIpc) is 3.01. The Morgan fingerprint density at radius 1 is 1.39 bits per heavy atom. The Labute approximate surface area is 136 Å². The van der Waals surface area contributed by atoms with E-state index in [1.165, 1.54) is 0 Å². The number of ether oxygens (including phenoxy) is 1. The van der Waals surface area contributed by atoms with Crippen LogP contribution in [0.5, 0.6) is 5.75 Å². The summed E-state index contributed by atoms with van der Waals surface area (Å²) in [6.07, 6.45) is 3.39. The number of hydrogen-bond donors (Lipinski definition) is 2. The average molecular weight is 317 g/mol. The van der Waals surface area contributed by atoms with Crippen molar-refractivity contribution in [1.29, 1.82) is 0 Å². The molecule has 3 rings (SSSR count). The van der Waals surface area contributed by atoms with Gasteiger partial charge in [0, 0.05) is 31.3 Å². The fourth-order valence-electron chi connectivity index (χ4n) is 3.20. The van der Waals surface area contributed by atoms with Crippen LogP contribution in [0.2, 0.25) is 0 Å². The van der Waals surface area contributed by atoms with Crippen LogP contribution in [-0.4, -0.2) is 38.6 Å². The number of nitrogens with one attached hydrogen (secondary N) is 2. The molecule has 1 atom stereocenters. The molecule has 0 saturated carbocycles. The molecule has 0 spiro atoms. The van der Waals surface area contributed by atoms with Crippen LogP contribution in [0, 0.1) is 5.92 Å². The van der Waals surface area contributed by atoms with Gasteiger partial charge in [-0.1, -0.05) is 0 Å². The second-order valence-corrected chi connectivity index (χ2v) is 6.07. The van der Waals surface area contributed by atoms with Crippen molar-refractivity contribution in [3.63, 3.8) is 0 Å². The van der Waals surface area contributed by atoms with E-state index in [4.69, 9.17) is 4.74 Å². The van der Waals surface area contributed by atoms with Crippen molar-refractivity contribution in [3.05, 3.63) is 18.2 Å². The molecule has 6 nitrogen and oxygen atoms in total. The third-order valence-corrected chi connectivity index (χ3v) is 4.48. The number of carbonyl (C=O) groups excluding carboxylic acids is 2. The topological polar surface area (TPSA) is 70.7 Å². The van der Waals surface area contributed by atoms with E-state index >= 15 is 0 Å². The standard InChI is InChI=1S/C17H23N3O3/c1-23-15-10-13(19-17(22)12-4-2-8-18-11-12)6-7-14(15)20-9-3-5-16(20)21/h6-7,10,12,18H,2-5,8-9,11H2,1H3,(H,19,22). The number of amides is 2. The SMILES string of the molecule is COc1cc(NC(=O)C2CCCNC2)ccc1N1CCCC1=O. The number of carbonyl (C=O) groups is 2. The molecule has 2 amide bonds. The molecule has 2 heterocycles.